The van der Waals surface area contributed by atoms with E-state index in [9.17, 15) is 39.6 Å². The second kappa shape index (κ2) is 5.95. The fourth-order valence-corrected chi connectivity index (χ4v) is 2.52. The van der Waals surface area contributed by atoms with Gasteiger partial charge in [-0.2, -0.15) is 34.8 Å². The minimum atomic E-state index is -6.22. The van der Waals surface area contributed by atoms with Crippen LogP contribution in [0.3, 0.4) is 0 Å². The van der Waals surface area contributed by atoms with Gasteiger partial charge in [0.2, 0.25) is 0 Å². The molecular weight excluding hydrogens is 366 g/mol. The van der Waals surface area contributed by atoms with Gasteiger partial charge in [0.25, 0.3) is 0 Å². The summed E-state index contributed by atoms with van der Waals surface area (Å²) in [6.45, 7) is 0.863. The minimum absolute atomic E-state index is 0.194. The summed E-state index contributed by atoms with van der Waals surface area (Å²) in [5, 5.41) is 0.332. The average Bonchev–Trinajstić information content (AvgIpc) is 2.70. The first-order valence-electron chi connectivity index (χ1n) is 5.17. The molecule has 1 rings (SSSR count). The lowest BCUT2D eigenvalue weighted by atomic mass is 10.2. The zero-order valence-electron chi connectivity index (χ0n) is 10.4. The van der Waals surface area contributed by atoms with Crippen LogP contribution in [0.1, 0.15) is 22.2 Å². The maximum absolute atomic E-state index is 12.7. The SMILES string of the molecule is CCOC(=O)c1c(OS(=O)(=O)C(F)(F)F)csc1C(F)(F)F. The molecule has 0 unspecified atom stereocenters. The van der Waals surface area contributed by atoms with Gasteiger partial charge in [0.05, 0.1) is 6.61 Å². The van der Waals surface area contributed by atoms with Crippen molar-refractivity contribution in [2.45, 2.75) is 18.6 Å². The van der Waals surface area contributed by atoms with Gasteiger partial charge in [-0.25, -0.2) is 4.79 Å². The molecule has 0 spiro atoms. The van der Waals surface area contributed by atoms with Crippen LogP contribution in [0.15, 0.2) is 5.38 Å². The highest BCUT2D eigenvalue weighted by Gasteiger charge is 2.50. The average molecular weight is 372 g/mol. The quantitative estimate of drug-likeness (QED) is 0.351. The van der Waals surface area contributed by atoms with Crippen LogP contribution >= 0.6 is 11.3 Å². The van der Waals surface area contributed by atoms with Gasteiger partial charge >= 0.3 is 27.8 Å². The van der Waals surface area contributed by atoms with Crippen molar-refractivity contribution < 1.29 is 48.5 Å². The summed E-state index contributed by atoms with van der Waals surface area (Å²) in [6.07, 6.45) is -5.10. The molecule has 0 aliphatic carbocycles. The summed E-state index contributed by atoms with van der Waals surface area (Å²) in [5.74, 6) is -3.04. The fourth-order valence-electron chi connectivity index (χ4n) is 1.17. The van der Waals surface area contributed by atoms with Gasteiger partial charge < -0.3 is 8.92 Å². The maximum Gasteiger partial charge on any atom is 0.534 e. The van der Waals surface area contributed by atoms with Gasteiger partial charge in [-0.15, -0.1) is 11.3 Å². The zero-order valence-corrected chi connectivity index (χ0v) is 12.0. The highest BCUT2D eigenvalue weighted by atomic mass is 32.2. The standard InChI is InChI=1S/C9H6F6O5S2/c1-2-19-7(16)5-4(3-21-6(5)8(10,11)12)20-22(17,18)9(13,14)15/h3H,2H2,1H3. The summed E-state index contributed by atoms with van der Waals surface area (Å²) in [4.78, 5) is 9.83. The Morgan fingerprint density at radius 2 is 1.77 bits per heavy atom. The van der Waals surface area contributed by atoms with Crippen molar-refractivity contribution in [2.75, 3.05) is 6.61 Å². The van der Waals surface area contributed by atoms with Crippen LogP contribution in [-0.4, -0.2) is 26.5 Å². The van der Waals surface area contributed by atoms with Gasteiger partial charge in [0, 0.05) is 5.38 Å². The highest BCUT2D eigenvalue weighted by Crippen LogP contribution is 2.42. The predicted octanol–water partition coefficient (Wildman–Crippen LogP) is 3.17. The molecule has 126 valence electrons. The largest absolute Gasteiger partial charge is 0.534 e. The van der Waals surface area contributed by atoms with Crippen molar-refractivity contribution >= 4 is 27.4 Å². The van der Waals surface area contributed by atoms with Crippen molar-refractivity contribution in [1.29, 1.82) is 0 Å². The number of thiophene rings is 1. The van der Waals surface area contributed by atoms with E-state index in [0.717, 1.165) is 0 Å². The minimum Gasteiger partial charge on any atom is -0.462 e. The highest BCUT2D eigenvalue weighted by molar-refractivity contribution is 7.88. The van der Waals surface area contributed by atoms with Crippen LogP contribution in [0.2, 0.25) is 0 Å². The van der Waals surface area contributed by atoms with Crippen LogP contribution in [0, 0.1) is 0 Å². The van der Waals surface area contributed by atoms with Crippen molar-refractivity contribution in [2.24, 2.45) is 0 Å². The summed E-state index contributed by atoms with van der Waals surface area (Å²) in [6, 6.07) is 0. The Balaban J connectivity index is 3.39. The third-order valence-electron chi connectivity index (χ3n) is 1.98. The number of hydrogen-bond donors (Lipinski definition) is 0. The third kappa shape index (κ3) is 3.82. The Bertz CT molecular complexity index is 657. The van der Waals surface area contributed by atoms with E-state index in [1.165, 1.54) is 6.92 Å². The van der Waals surface area contributed by atoms with E-state index in [1.807, 2.05) is 0 Å². The molecule has 0 amide bonds. The van der Waals surface area contributed by atoms with Gasteiger partial charge in [0.15, 0.2) is 5.75 Å². The lowest BCUT2D eigenvalue weighted by molar-refractivity contribution is -0.134. The van der Waals surface area contributed by atoms with E-state index in [4.69, 9.17) is 0 Å². The lowest BCUT2D eigenvalue weighted by Crippen LogP contribution is -2.28. The number of rotatable bonds is 4. The number of ether oxygens (including phenoxy) is 1. The maximum atomic E-state index is 12.7. The normalized spacial score (nSPS) is 13.0. The summed E-state index contributed by atoms with van der Waals surface area (Å²) < 4.78 is 104. The van der Waals surface area contributed by atoms with Crippen LogP contribution in [0.25, 0.3) is 0 Å². The molecule has 0 atom stereocenters. The number of carbonyl (C=O) groups is 1. The van der Waals surface area contributed by atoms with Gasteiger partial charge in [-0.05, 0) is 6.92 Å². The van der Waals surface area contributed by atoms with Gasteiger partial charge in [0.1, 0.15) is 10.4 Å². The van der Waals surface area contributed by atoms with Gasteiger partial charge in [-0.1, -0.05) is 0 Å². The first-order chi connectivity index (χ1) is 9.81. The lowest BCUT2D eigenvalue weighted by Gasteiger charge is -2.11. The van der Waals surface area contributed by atoms with Crippen LogP contribution < -0.4 is 4.18 Å². The van der Waals surface area contributed by atoms with Crippen molar-refractivity contribution in [3.63, 3.8) is 0 Å². The Labute approximate surface area is 123 Å². The Morgan fingerprint density at radius 1 is 1.23 bits per heavy atom. The molecule has 0 fully saturated rings. The second-order valence-electron chi connectivity index (χ2n) is 3.51. The van der Waals surface area contributed by atoms with Crippen molar-refractivity contribution in [1.82, 2.24) is 0 Å². The first-order valence-corrected chi connectivity index (χ1v) is 7.46. The fraction of sp³-hybridized carbons (Fsp3) is 0.444. The second-order valence-corrected chi connectivity index (χ2v) is 5.92. The molecule has 0 saturated carbocycles. The van der Waals surface area contributed by atoms with Gasteiger partial charge in [-0.3, -0.25) is 0 Å². The molecule has 5 nitrogen and oxygen atoms in total. The third-order valence-corrected chi connectivity index (χ3v) is 3.95. The van der Waals surface area contributed by atoms with E-state index in [-0.39, 0.29) is 17.9 Å². The predicted molar refractivity (Wildman–Crippen MR) is 60.9 cm³/mol. The Kier molecular flexibility index (Phi) is 5.01. The van der Waals surface area contributed by atoms with Crippen molar-refractivity contribution in [3.05, 3.63) is 15.8 Å². The molecule has 0 radical (unpaired) electrons. The molecule has 0 saturated heterocycles. The molecule has 0 N–H and O–H groups in total. The summed E-state index contributed by atoms with van der Waals surface area (Å²) in [7, 11) is -6.22. The van der Waals surface area contributed by atoms with E-state index in [1.54, 1.807) is 0 Å². The van der Waals surface area contributed by atoms with Crippen molar-refractivity contribution in [3.8, 4) is 5.75 Å². The molecule has 0 bridgehead atoms. The molecule has 0 aliphatic rings. The molecular formula is C9H6F6O5S2. The molecule has 1 heterocycles. The Hall–Kier alpha value is -1.50. The zero-order chi connectivity index (χ0) is 17.3. The number of alkyl halides is 6. The monoisotopic (exact) mass is 372 g/mol. The number of hydrogen-bond acceptors (Lipinski definition) is 6. The number of carbonyl (C=O) groups excluding carboxylic acids is 1. The summed E-state index contributed by atoms with van der Waals surface area (Å²) >= 11 is -0.194. The molecule has 22 heavy (non-hydrogen) atoms. The topological polar surface area (TPSA) is 69.7 Å². The first kappa shape index (κ1) is 18.5. The van der Waals surface area contributed by atoms with Crippen LogP contribution in [0.5, 0.6) is 5.75 Å². The van der Waals surface area contributed by atoms with E-state index >= 15 is 0 Å². The molecule has 0 aliphatic heterocycles. The smallest absolute Gasteiger partial charge is 0.462 e. The van der Waals surface area contributed by atoms with Crippen LogP contribution in [-0.2, 0) is 21.0 Å². The molecule has 1 aromatic rings. The Morgan fingerprint density at radius 3 is 2.18 bits per heavy atom. The summed E-state index contributed by atoms with van der Waals surface area (Å²) in [5.41, 5.74) is -7.29. The molecule has 13 heteroatoms. The molecule has 0 aromatic carbocycles. The van der Waals surface area contributed by atoms with E-state index < -0.39 is 44.0 Å². The molecule has 1 aromatic heterocycles. The number of esters is 1. The van der Waals surface area contributed by atoms with E-state index in [2.05, 4.69) is 8.92 Å². The van der Waals surface area contributed by atoms with Crippen LogP contribution in [0.4, 0.5) is 26.3 Å². The van der Waals surface area contributed by atoms with E-state index in [0.29, 0.717) is 5.38 Å². The number of halogens is 6.